The van der Waals surface area contributed by atoms with Gasteiger partial charge < -0.3 is 10.5 Å². The van der Waals surface area contributed by atoms with Crippen molar-refractivity contribution in [3.05, 3.63) is 15.1 Å². The van der Waals surface area contributed by atoms with E-state index in [0.29, 0.717) is 5.82 Å². The van der Waals surface area contributed by atoms with Gasteiger partial charge >= 0.3 is 0 Å². The molecular weight excluding hydrogens is 377 g/mol. The Hall–Kier alpha value is -0.430. The predicted octanol–water partition coefficient (Wildman–Crippen LogP) is 4.01. The van der Waals surface area contributed by atoms with Gasteiger partial charge in [0.25, 0.3) is 0 Å². The van der Waals surface area contributed by atoms with Gasteiger partial charge in [0.1, 0.15) is 11.4 Å². The van der Waals surface area contributed by atoms with E-state index < -0.39 is 0 Å². The summed E-state index contributed by atoms with van der Waals surface area (Å²) < 4.78 is 6.85. The molecule has 0 unspecified atom stereocenters. The van der Waals surface area contributed by atoms with Crippen molar-refractivity contribution in [3.8, 4) is 0 Å². The van der Waals surface area contributed by atoms with Gasteiger partial charge in [-0.3, -0.25) is 0 Å². The lowest BCUT2D eigenvalue weighted by atomic mass is 9.78. The molecule has 1 aromatic rings. The number of hydrogen-bond acceptors (Lipinski definition) is 4. The van der Waals surface area contributed by atoms with E-state index in [4.69, 9.17) is 15.5 Å². The number of nitrogens with zero attached hydrogens (tertiary/aromatic N) is 2. The van der Waals surface area contributed by atoms with Crippen molar-refractivity contribution in [1.29, 1.82) is 0 Å². The number of halogens is 1. The molecule has 118 valence electrons. The Morgan fingerprint density at radius 3 is 2.29 bits per heavy atom. The molecule has 0 saturated heterocycles. The second kappa shape index (κ2) is 5.99. The Morgan fingerprint density at radius 1 is 1.24 bits per heavy atom. The molecule has 1 fully saturated rings. The molecule has 1 aliphatic carbocycles. The zero-order valence-corrected chi connectivity index (χ0v) is 15.8. The topological polar surface area (TPSA) is 61.0 Å². The third kappa shape index (κ3) is 3.33. The quantitative estimate of drug-likeness (QED) is 0.758. The third-order valence-electron chi connectivity index (χ3n) is 4.47. The lowest BCUT2D eigenvalue weighted by Gasteiger charge is -2.37. The highest BCUT2D eigenvalue weighted by atomic mass is 127. The van der Waals surface area contributed by atoms with E-state index in [9.17, 15) is 0 Å². The normalized spacial score (nSPS) is 26.9. The van der Waals surface area contributed by atoms with Crippen LogP contribution in [0.5, 0.6) is 0 Å². The SMILES string of the molecule is COC1(c2nc(N)c(I)c(C(C)(C)C)n2)CCC(C)CC1. The van der Waals surface area contributed by atoms with Crippen LogP contribution in [0.2, 0.25) is 0 Å². The maximum absolute atomic E-state index is 6.15. The molecular formula is C16H26IN3O. The van der Waals surface area contributed by atoms with Crippen molar-refractivity contribution in [2.75, 3.05) is 12.8 Å². The summed E-state index contributed by atoms with van der Waals surface area (Å²) in [5.41, 5.74) is 6.74. The van der Waals surface area contributed by atoms with E-state index in [1.165, 1.54) is 0 Å². The number of methoxy groups -OCH3 is 1. The van der Waals surface area contributed by atoms with Crippen LogP contribution in [0.3, 0.4) is 0 Å². The zero-order chi connectivity index (χ0) is 15.8. The van der Waals surface area contributed by atoms with E-state index in [2.05, 4.69) is 55.3 Å². The summed E-state index contributed by atoms with van der Waals surface area (Å²) in [6.45, 7) is 8.76. The van der Waals surface area contributed by atoms with Crippen LogP contribution in [0.25, 0.3) is 0 Å². The van der Waals surface area contributed by atoms with Crippen molar-refractivity contribution in [3.63, 3.8) is 0 Å². The van der Waals surface area contributed by atoms with Gasteiger partial charge in [-0.1, -0.05) is 27.7 Å². The number of ether oxygens (including phenoxy) is 1. The molecule has 0 spiro atoms. The number of nitrogen functional groups attached to an aromatic ring is 1. The van der Waals surface area contributed by atoms with Crippen LogP contribution in [0.15, 0.2) is 0 Å². The minimum atomic E-state index is -0.370. The first-order valence-corrected chi connectivity index (χ1v) is 8.66. The summed E-state index contributed by atoms with van der Waals surface area (Å²) in [7, 11) is 1.77. The maximum Gasteiger partial charge on any atom is 0.162 e. The average Bonchev–Trinajstić information content (AvgIpc) is 2.42. The summed E-state index contributed by atoms with van der Waals surface area (Å²) in [4.78, 5) is 9.45. The fourth-order valence-electron chi connectivity index (χ4n) is 2.91. The van der Waals surface area contributed by atoms with Gasteiger partial charge in [-0.2, -0.15) is 0 Å². The highest BCUT2D eigenvalue weighted by molar-refractivity contribution is 14.1. The Balaban J connectivity index is 2.50. The second-order valence-electron chi connectivity index (χ2n) is 7.23. The monoisotopic (exact) mass is 403 g/mol. The number of anilines is 1. The first kappa shape index (κ1) is 16.9. The number of hydrogen-bond donors (Lipinski definition) is 1. The van der Waals surface area contributed by atoms with Gasteiger partial charge in [0.15, 0.2) is 5.82 Å². The molecule has 21 heavy (non-hydrogen) atoms. The molecule has 4 nitrogen and oxygen atoms in total. The van der Waals surface area contributed by atoms with Crippen molar-refractivity contribution in [1.82, 2.24) is 9.97 Å². The van der Waals surface area contributed by atoms with Crippen LogP contribution in [0.1, 0.15) is 64.9 Å². The Kier molecular flexibility index (Phi) is 4.83. The molecule has 2 N–H and O–H groups in total. The van der Waals surface area contributed by atoms with Crippen molar-refractivity contribution in [2.24, 2.45) is 5.92 Å². The summed E-state index contributed by atoms with van der Waals surface area (Å²) in [5, 5.41) is 0. The molecule has 1 aliphatic rings. The first-order chi connectivity index (χ1) is 9.69. The number of aromatic nitrogens is 2. The maximum atomic E-state index is 6.15. The van der Waals surface area contributed by atoms with Gasteiger partial charge in [-0.25, -0.2) is 9.97 Å². The molecule has 0 amide bonds. The molecule has 0 radical (unpaired) electrons. The molecule has 0 bridgehead atoms. The highest BCUT2D eigenvalue weighted by Gasteiger charge is 2.40. The fourth-order valence-corrected chi connectivity index (χ4v) is 3.96. The van der Waals surface area contributed by atoms with Crippen LogP contribution in [-0.4, -0.2) is 17.1 Å². The smallest absolute Gasteiger partial charge is 0.162 e. The molecule has 0 aromatic carbocycles. The lowest BCUT2D eigenvalue weighted by molar-refractivity contribution is -0.0599. The first-order valence-electron chi connectivity index (χ1n) is 7.59. The summed E-state index contributed by atoms with van der Waals surface area (Å²) in [6.07, 6.45) is 4.23. The minimum Gasteiger partial charge on any atom is -0.383 e. The van der Waals surface area contributed by atoms with E-state index in [1.807, 2.05) is 0 Å². The molecule has 5 heteroatoms. The van der Waals surface area contributed by atoms with Crippen LogP contribution < -0.4 is 5.73 Å². The summed E-state index contributed by atoms with van der Waals surface area (Å²) in [5.74, 6) is 2.08. The molecule has 0 atom stereocenters. The van der Waals surface area contributed by atoms with Crippen molar-refractivity contribution >= 4 is 28.4 Å². The van der Waals surface area contributed by atoms with Gasteiger partial charge in [-0.05, 0) is 54.2 Å². The molecule has 1 heterocycles. The van der Waals surface area contributed by atoms with Gasteiger partial charge in [0, 0.05) is 12.5 Å². The summed E-state index contributed by atoms with van der Waals surface area (Å²) >= 11 is 2.25. The Bertz CT molecular complexity index is 517. The standard InChI is InChI=1S/C16H26IN3O/c1-10-6-8-16(21-5,9-7-10)14-19-12(15(2,3)4)11(17)13(18)20-14/h10H,6-9H2,1-5H3,(H2,18,19,20). The van der Waals surface area contributed by atoms with Gasteiger partial charge in [-0.15, -0.1) is 0 Å². The predicted molar refractivity (Wildman–Crippen MR) is 94.2 cm³/mol. The third-order valence-corrected chi connectivity index (χ3v) is 5.53. The molecule has 1 aromatic heterocycles. The van der Waals surface area contributed by atoms with Gasteiger partial charge in [0.2, 0.25) is 0 Å². The van der Waals surface area contributed by atoms with Crippen LogP contribution in [0, 0.1) is 9.49 Å². The lowest BCUT2D eigenvalue weighted by Crippen LogP contribution is -2.36. The zero-order valence-electron chi connectivity index (χ0n) is 13.7. The van der Waals surface area contributed by atoms with Crippen LogP contribution in [-0.2, 0) is 15.8 Å². The Morgan fingerprint density at radius 2 is 1.81 bits per heavy atom. The van der Waals surface area contributed by atoms with E-state index in [1.54, 1.807) is 7.11 Å². The van der Waals surface area contributed by atoms with E-state index >= 15 is 0 Å². The summed E-state index contributed by atoms with van der Waals surface area (Å²) in [6, 6.07) is 0. The minimum absolute atomic E-state index is 0.0563. The van der Waals surface area contributed by atoms with E-state index in [-0.39, 0.29) is 11.0 Å². The second-order valence-corrected chi connectivity index (χ2v) is 8.30. The van der Waals surface area contributed by atoms with Crippen molar-refractivity contribution < 1.29 is 4.74 Å². The van der Waals surface area contributed by atoms with Gasteiger partial charge in [0.05, 0.1) is 9.26 Å². The van der Waals surface area contributed by atoms with Crippen molar-refractivity contribution in [2.45, 2.75) is 64.4 Å². The number of rotatable bonds is 2. The molecule has 2 rings (SSSR count). The highest BCUT2D eigenvalue weighted by Crippen LogP contribution is 2.42. The average molecular weight is 403 g/mol. The molecule has 0 aliphatic heterocycles. The van der Waals surface area contributed by atoms with E-state index in [0.717, 1.165) is 46.7 Å². The molecule has 1 saturated carbocycles. The number of nitrogens with two attached hydrogens (primary N) is 1. The van der Waals surface area contributed by atoms with Crippen LogP contribution >= 0.6 is 22.6 Å². The van der Waals surface area contributed by atoms with Crippen LogP contribution in [0.4, 0.5) is 5.82 Å². The Labute approximate surface area is 141 Å². The fraction of sp³-hybridized carbons (Fsp3) is 0.750. The largest absolute Gasteiger partial charge is 0.383 e.